The summed E-state index contributed by atoms with van der Waals surface area (Å²) in [5, 5.41) is 15.6. The van der Waals surface area contributed by atoms with Crippen molar-refractivity contribution < 1.29 is 23.5 Å². The molecular formula is C25H27F2N3O3. The van der Waals surface area contributed by atoms with E-state index in [9.17, 15) is 23.5 Å². The van der Waals surface area contributed by atoms with Gasteiger partial charge in [0.2, 0.25) is 0 Å². The van der Waals surface area contributed by atoms with Gasteiger partial charge in [0, 0.05) is 42.2 Å². The zero-order valence-corrected chi connectivity index (χ0v) is 18.4. The van der Waals surface area contributed by atoms with Gasteiger partial charge in [0.15, 0.2) is 0 Å². The molecule has 3 aromatic rings. The molecule has 4 rings (SSSR count). The highest BCUT2D eigenvalue weighted by Crippen LogP contribution is 2.27. The number of benzene rings is 2. The minimum absolute atomic E-state index is 0.0196. The standard InChI is InChI=1S/C25H27F2N3O3/c1-28-24(32)15-9-10-17(20(27)11-15)13-30-14-18(23-19(26)6-4-7-21(23)30)25(33)29-12-16-5-2-3-8-22(16)31/h4,6-7,9-11,14,16,22,31H,2-3,5,8,12-13H2,1H3,(H,28,32)(H,29,33)/t16-,22+/m1/s1. The predicted octanol–water partition coefficient (Wildman–Crippen LogP) is 3.61. The number of halogens is 2. The number of hydrogen-bond donors (Lipinski definition) is 3. The third-order valence-electron chi connectivity index (χ3n) is 6.38. The number of amides is 2. The van der Waals surface area contributed by atoms with Crippen molar-refractivity contribution in [1.82, 2.24) is 15.2 Å². The second-order valence-electron chi connectivity index (χ2n) is 8.51. The number of nitrogens with zero attached hydrogens (tertiary/aromatic N) is 1. The molecule has 6 nitrogen and oxygen atoms in total. The molecule has 2 amide bonds. The average Bonchev–Trinajstić information content (AvgIpc) is 3.19. The zero-order chi connectivity index (χ0) is 23.5. The van der Waals surface area contributed by atoms with E-state index in [1.54, 1.807) is 16.7 Å². The van der Waals surface area contributed by atoms with E-state index in [0.29, 0.717) is 17.6 Å². The summed E-state index contributed by atoms with van der Waals surface area (Å²) in [6.07, 6.45) is 4.62. The summed E-state index contributed by atoms with van der Waals surface area (Å²) in [4.78, 5) is 24.7. The Bertz CT molecular complexity index is 1190. The van der Waals surface area contributed by atoms with Crippen molar-refractivity contribution in [3.05, 3.63) is 70.9 Å². The van der Waals surface area contributed by atoms with Crippen LogP contribution in [0.4, 0.5) is 8.78 Å². The van der Waals surface area contributed by atoms with Gasteiger partial charge in [-0.3, -0.25) is 9.59 Å². The molecule has 174 valence electrons. The molecule has 2 aromatic carbocycles. The first-order valence-electron chi connectivity index (χ1n) is 11.1. The highest BCUT2D eigenvalue weighted by molar-refractivity contribution is 6.07. The van der Waals surface area contributed by atoms with Crippen molar-refractivity contribution in [1.29, 1.82) is 0 Å². The highest BCUT2D eigenvalue weighted by atomic mass is 19.1. The monoisotopic (exact) mass is 455 g/mol. The predicted molar refractivity (Wildman–Crippen MR) is 121 cm³/mol. The van der Waals surface area contributed by atoms with Crippen molar-refractivity contribution in [2.45, 2.75) is 38.3 Å². The highest BCUT2D eigenvalue weighted by Gasteiger charge is 2.25. The largest absolute Gasteiger partial charge is 0.393 e. The lowest BCUT2D eigenvalue weighted by Crippen LogP contribution is -2.36. The van der Waals surface area contributed by atoms with Crippen molar-refractivity contribution in [2.75, 3.05) is 13.6 Å². The zero-order valence-electron chi connectivity index (χ0n) is 18.4. The van der Waals surface area contributed by atoms with Crippen molar-refractivity contribution in [3.8, 4) is 0 Å². The molecular weight excluding hydrogens is 428 g/mol. The summed E-state index contributed by atoms with van der Waals surface area (Å²) < 4.78 is 31.0. The van der Waals surface area contributed by atoms with E-state index in [2.05, 4.69) is 10.6 Å². The van der Waals surface area contributed by atoms with Crippen molar-refractivity contribution in [3.63, 3.8) is 0 Å². The Hall–Kier alpha value is -3.26. The van der Waals surface area contributed by atoms with Crippen LogP contribution in [-0.2, 0) is 6.54 Å². The average molecular weight is 456 g/mol. The Morgan fingerprint density at radius 1 is 1.09 bits per heavy atom. The van der Waals surface area contributed by atoms with Crippen LogP contribution in [0.25, 0.3) is 10.9 Å². The van der Waals surface area contributed by atoms with Gasteiger partial charge in [-0.1, -0.05) is 25.0 Å². The van der Waals surface area contributed by atoms with Gasteiger partial charge in [-0.15, -0.1) is 0 Å². The minimum atomic E-state index is -0.563. The SMILES string of the molecule is CNC(=O)c1ccc(Cn2cc(C(=O)NC[C@H]3CCCC[C@@H]3O)c3c(F)cccc32)c(F)c1. The second-order valence-corrected chi connectivity index (χ2v) is 8.51. The number of carbonyl (C=O) groups excluding carboxylic acids is 2. The van der Waals surface area contributed by atoms with Gasteiger partial charge >= 0.3 is 0 Å². The molecule has 0 saturated heterocycles. The molecule has 0 aliphatic heterocycles. The lowest BCUT2D eigenvalue weighted by atomic mass is 9.86. The number of nitrogens with one attached hydrogen (secondary N) is 2. The summed E-state index contributed by atoms with van der Waals surface area (Å²) in [6, 6.07) is 8.69. The van der Waals surface area contributed by atoms with Crippen molar-refractivity contribution in [2.24, 2.45) is 5.92 Å². The first kappa shape index (κ1) is 22.9. The Balaban J connectivity index is 1.61. The van der Waals surface area contributed by atoms with E-state index in [0.717, 1.165) is 31.7 Å². The van der Waals surface area contributed by atoms with Gasteiger partial charge in [0.05, 0.1) is 23.7 Å². The maximum atomic E-state index is 14.7. The van der Waals surface area contributed by atoms with Crippen LogP contribution < -0.4 is 10.6 Å². The van der Waals surface area contributed by atoms with Crippen LogP contribution in [0.2, 0.25) is 0 Å². The fourth-order valence-electron chi connectivity index (χ4n) is 4.50. The lowest BCUT2D eigenvalue weighted by Gasteiger charge is -2.27. The van der Waals surface area contributed by atoms with E-state index in [1.165, 1.54) is 31.4 Å². The lowest BCUT2D eigenvalue weighted by molar-refractivity contribution is 0.0663. The number of aromatic nitrogens is 1. The molecule has 1 aliphatic carbocycles. The topological polar surface area (TPSA) is 83.4 Å². The van der Waals surface area contributed by atoms with E-state index in [4.69, 9.17) is 0 Å². The van der Waals surface area contributed by atoms with Gasteiger partial charge in [0.1, 0.15) is 11.6 Å². The number of fused-ring (bicyclic) bond motifs is 1. The first-order chi connectivity index (χ1) is 15.9. The van der Waals surface area contributed by atoms with Gasteiger partial charge < -0.3 is 20.3 Å². The smallest absolute Gasteiger partial charge is 0.253 e. The quantitative estimate of drug-likeness (QED) is 0.531. The molecule has 1 fully saturated rings. The maximum absolute atomic E-state index is 14.7. The van der Waals surface area contributed by atoms with Crippen LogP contribution in [0.5, 0.6) is 0 Å². The Morgan fingerprint density at radius 3 is 2.61 bits per heavy atom. The third kappa shape index (κ3) is 4.75. The molecule has 2 atom stereocenters. The molecule has 1 aliphatic rings. The molecule has 1 aromatic heterocycles. The number of aliphatic hydroxyl groups excluding tert-OH is 1. The Labute approximate surface area is 190 Å². The molecule has 33 heavy (non-hydrogen) atoms. The van der Waals surface area contributed by atoms with Crippen LogP contribution in [-0.4, -0.2) is 41.2 Å². The molecule has 3 N–H and O–H groups in total. The molecule has 0 bridgehead atoms. The summed E-state index contributed by atoms with van der Waals surface area (Å²) in [6.45, 7) is 0.380. The summed E-state index contributed by atoms with van der Waals surface area (Å²) >= 11 is 0. The Kier molecular flexibility index (Phi) is 6.74. The van der Waals surface area contributed by atoms with E-state index in [1.807, 2.05) is 0 Å². The maximum Gasteiger partial charge on any atom is 0.253 e. The molecule has 1 heterocycles. The fraction of sp³-hybridized carbons (Fsp3) is 0.360. The molecule has 0 unspecified atom stereocenters. The molecule has 0 spiro atoms. The minimum Gasteiger partial charge on any atom is -0.393 e. The van der Waals surface area contributed by atoms with Gasteiger partial charge in [-0.25, -0.2) is 8.78 Å². The number of aliphatic hydroxyl groups is 1. The fourth-order valence-corrected chi connectivity index (χ4v) is 4.50. The number of hydrogen-bond acceptors (Lipinski definition) is 3. The van der Waals surface area contributed by atoms with Gasteiger partial charge in [-0.05, 0) is 37.1 Å². The van der Waals surface area contributed by atoms with Crippen LogP contribution in [0.15, 0.2) is 42.6 Å². The summed E-state index contributed by atoms with van der Waals surface area (Å²) in [5.41, 5.74) is 1.14. The van der Waals surface area contributed by atoms with E-state index in [-0.39, 0.29) is 29.0 Å². The van der Waals surface area contributed by atoms with Crippen LogP contribution in [0.3, 0.4) is 0 Å². The molecule has 1 saturated carbocycles. The van der Waals surface area contributed by atoms with Crippen LogP contribution in [0, 0.1) is 17.6 Å². The first-order valence-corrected chi connectivity index (χ1v) is 11.1. The second kappa shape index (κ2) is 9.70. The van der Waals surface area contributed by atoms with Gasteiger partial charge in [0.25, 0.3) is 11.8 Å². The third-order valence-corrected chi connectivity index (χ3v) is 6.38. The number of carbonyl (C=O) groups is 2. The summed E-state index contributed by atoms with van der Waals surface area (Å²) in [5.74, 6) is -1.95. The Morgan fingerprint density at radius 2 is 1.88 bits per heavy atom. The molecule has 8 heteroatoms. The van der Waals surface area contributed by atoms with E-state index < -0.39 is 29.6 Å². The van der Waals surface area contributed by atoms with Crippen LogP contribution in [0.1, 0.15) is 52.0 Å². The van der Waals surface area contributed by atoms with Crippen molar-refractivity contribution >= 4 is 22.7 Å². The summed E-state index contributed by atoms with van der Waals surface area (Å²) in [7, 11) is 1.47. The van der Waals surface area contributed by atoms with E-state index >= 15 is 0 Å². The normalized spacial score (nSPS) is 18.3. The number of rotatable bonds is 6. The van der Waals surface area contributed by atoms with Crippen LogP contribution >= 0.6 is 0 Å². The molecule has 0 radical (unpaired) electrons. The van der Waals surface area contributed by atoms with Gasteiger partial charge in [-0.2, -0.15) is 0 Å².